The molecule has 0 spiro atoms. The number of halogens is 3. The van der Waals surface area contributed by atoms with Gasteiger partial charge in [0.2, 0.25) is 0 Å². The van der Waals surface area contributed by atoms with Crippen molar-refractivity contribution in [3.05, 3.63) is 24.3 Å². The van der Waals surface area contributed by atoms with Gasteiger partial charge in [0.1, 0.15) is 5.75 Å². The summed E-state index contributed by atoms with van der Waals surface area (Å²) < 4.78 is 46.4. The molecule has 0 saturated carbocycles. The van der Waals surface area contributed by atoms with Crippen molar-refractivity contribution in [3.8, 4) is 5.75 Å². The second kappa shape index (κ2) is 8.21. The summed E-state index contributed by atoms with van der Waals surface area (Å²) in [5.41, 5.74) is -0.700. The van der Waals surface area contributed by atoms with Gasteiger partial charge in [0.25, 0.3) is 0 Å². The van der Waals surface area contributed by atoms with E-state index in [0.717, 1.165) is 12.1 Å². The van der Waals surface area contributed by atoms with Crippen LogP contribution in [0.5, 0.6) is 5.75 Å². The molecule has 0 N–H and O–H groups in total. The fraction of sp³-hybridized carbons (Fsp3) is 0.300. The molecule has 0 aliphatic carbocycles. The number of hydrogen-bond donors (Lipinski definition) is 0. The van der Waals surface area contributed by atoms with Gasteiger partial charge in [-0.1, -0.05) is 12.1 Å². The predicted molar refractivity (Wildman–Crippen MR) is 57.3 cm³/mol. The first-order valence-electron chi connectivity index (χ1n) is 5.02. The van der Waals surface area contributed by atoms with E-state index in [4.69, 9.17) is 4.74 Å². The van der Waals surface area contributed by atoms with Gasteiger partial charge in [-0.2, -0.15) is 0 Å². The Balaban J connectivity index is 0.00000289. The molecule has 1 aromatic rings. The molecule has 1 rings (SSSR count). The van der Waals surface area contributed by atoms with Gasteiger partial charge in [-0.15, -0.1) is 5.46 Å². The number of carbonyl (C=O) groups excluding carboxylic acids is 1. The summed E-state index contributed by atoms with van der Waals surface area (Å²) in [6, 6.07) is 4.18. The van der Waals surface area contributed by atoms with Crippen LogP contribution in [0.4, 0.5) is 12.9 Å². The summed E-state index contributed by atoms with van der Waals surface area (Å²) in [6.07, 6.45) is 0. The second-order valence-electron chi connectivity index (χ2n) is 3.24. The molecule has 94 valence electrons. The van der Waals surface area contributed by atoms with Crippen LogP contribution in [0.25, 0.3) is 0 Å². The molecule has 0 atom stereocenters. The third-order valence-electron chi connectivity index (χ3n) is 1.92. The zero-order valence-corrected chi connectivity index (χ0v) is 13.3. The first kappa shape index (κ1) is 18.0. The van der Waals surface area contributed by atoms with E-state index in [1.807, 2.05) is 0 Å². The Hall–Kier alpha value is -0.0187. The zero-order chi connectivity index (χ0) is 12.9. The quantitative estimate of drug-likeness (QED) is 0.498. The van der Waals surface area contributed by atoms with E-state index in [9.17, 15) is 17.7 Å². The van der Waals surface area contributed by atoms with Crippen molar-refractivity contribution < 1.29 is 78.6 Å². The average Bonchev–Trinajstić information content (AvgIpc) is 2.26. The van der Waals surface area contributed by atoms with Crippen LogP contribution in [-0.2, 0) is 9.53 Å². The third kappa shape index (κ3) is 6.24. The number of hydrogen-bond acceptors (Lipinski definition) is 3. The van der Waals surface area contributed by atoms with Crippen molar-refractivity contribution in [2.24, 2.45) is 0 Å². The maximum Gasteiger partial charge on any atom is 1.00 e. The van der Waals surface area contributed by atoms with Crippen LogP contribution in [0.2, 0.25) is 0 Å². The third-order valence-corrected chi connectivity index (χ3v) is 1.92. The Morgan fingerprint density at radius 2 is 1.78 bits per heavy atom. The van der Waals surface area contributed by atoms with Gasteiger partial charge in [-0.3, -0.25) is 0 Å². The Bertz CT molecular complexity index is 381. The van der Waals surface area contributed by atoms with Crippen molar-refractivity contribution >= 4 is 18.4 Å². The molecular weight excluding hydrogens is 275 g/mol. The summed E-state index contributed by atoms with van der Waals surface area (Å²) in [5.74, 6) is -0.363. The van der Waals surface area contributed by atoms with Crippen LogP contribution < -0.4 is 61.6 Å². The zero-order valence-electron chi connectivity index (χ0n) is 10.2. The standard InChI is InChI=1S/C10H11BF3O3.K/c1-2-16-10(15)7-17-9-5-3-8(4-6-9)11(12,13)14;/h3-6H,2,7H2,1H3;/q-1;+1. The summed E-state index contributed by atoms with van der Waals surface area (Å²) in [4.78, 5) is 10.9. The van der Waals surface area contributed by atoms with E-state index in [2.05, 4.69) is 4.74 Å². The van der Waals surface area contributed by atoms with Crippen LogP contribution in [0, 0.1) is 0 Å². The molecule has 1 aromatic carbocycles. The molecule has 0 saturated heterocycles. The summed E-state index contributed by atoms with van der Waals surface area (Å²) >= 11 is 0. The van der Waals surface area contributed by atoms with Crippen LogP contribution >= 0.6 is 0 Å². The molecule has 0 unspecified atom stereocenters. The maximum absolute atomic E-state index is 12.3. The molecule has 0 radical (unpaired) electrons. The monoisotopic (exact) mass is 286 g/mol. The Labute approximate surface area is 146 Å². The number of benzene rings is 1. The molecule has 0 fully saturated rings. The number of ether oxygens (including phenoxy) is 2. The van der Waals surface area contributed by atoms with Gasteiger partial charge in [0.05, 0.1) is 6.61 Å². The van der Waals surface area contributed by atoms with Crippen molar-refractivity contribution in [3.63, 3.8) is 0 Å². The average molecular weight is 286 g/mol. The fourth-order valence-corrected chi connectivity index (χ4v) is 1.13. The number of carbonyl (C=O) groups is 1. The van der Waals surface area contributed by atoms with E-state index in [0.29, 0.717) is 0 Å². The van der Waals surface area contributed by atoms with Gasteiger partial charge in [-0.05, 0) is 19.1 Å². The smallest absolute Gasteiger partial charge is 0.482 e. The molecule has 8 heteroatoms. The first-order chi connectivity index (χ1) is 7.93. The number of esters is 1. The first-order valence-corrected chi connectivity index (χ1v) is 5.02. The van der Waals surface area contributed by atoms with Crippen molar-refractivity contribution in [1.29, 1.82) is 0 Å². The Morgan fingerprint density at radius 1 is 1.22 bits per heavy atom. The topological polar surface area (TPSA) is 35.5 Å². The predicted octanol–water partition coefficient (Wildman–Crippen LogP) is -1.31. The summed E-state index contributed by atoms with van der Waals surface area (Å²) in [5, 5.41) is 0. The molecule has 3 nitrogen and oxygen atoms in total. The maximum atomic E-state index is 12.3. The van der Waals surface area contributed by atoms with E-state index < -0.39 is 18.4 Å². The van der Waals surface area contributed by atoms with Crippen molar-refractivity contribution in [1.82, 2.24) is 0 Å². The van der Waals surface area contributed by atoms with Crippen LogP contribution in [-0.4, -0.2) is 26.2 Å². The van der Waals surface area contributed by atoms with Gasteiger partial charge < -0.3 is 22.4 Å². The largest absolute Gasteiger partial charge is 1.00 e. The molecule has 0 aliphatic rings. The molecule has 0 aliphatic heterocycles. The molecule has 0 bridgehead atoms. The Kier molecular flexibility index (Phi) is 8.20. The molecule has 0 aromatic heterocycles. The minimum absolute atomic E-state index is 0. The second-order valence-corrected chi connectivity index (χ2v) is 3.24. The molecule has 18 heavy (non-hydrogen) atoms. The summed E-state index contributed by atoms with van der Waals surface area (Å²) in [6.45, 7) is -3.43. The SMILES string of the molecule is CCOC(=O)COc1ccc([B-](F)(F)F)cc1.[K+]. The van der Waals surface area contributed by atoms with Gasteiger partial charge >= 0.3 is 64.3 Å². The van der Waals surface area contributed by atoms with E-state index >= 15 is 0 Å². The van der Waals surface area contributed by atoms with Crippen molar-refractivity contribution in [2.75, 3.05) is 13.2 Å². The minimum atomic E-state index is -5.00. The van der Waals surface area contributed by atoms with Crippen LogP contribution in [0.15, 0.2) is 24.3 Å². The summed E-state index contributed by atoms with van der Waals surface area (Å²) in [7, 11) is 0. The van der Waals surface area contributed by atoms with Crippen molar-refractivity contribution in [2.45, 2.75) is 6.92 Å². The van der Waals surface area contributed by atoms with Crippen LogP contribution in [0.3, 0.4) is 0 Å². The fourth-order valence-electron chi connectivity index (χ4n) is 1.13. The number of rotatable bonds is 5. The normalized spacial score (nSPS) is 10.4. The van der Waals surface area contributed by atoms with Gasteiger partial charge in [0, 0.05) is 0 Å². The van der Waals surface area contributed by atoms with Gasteiger partial charge in [-0.25, -0.2) is 4.79 Å². The van der Waals surface area contributed by atoms with E-state index in [-0.39, 0.29) is 70.3 Å². The Morgan fingerprint density at radius 3 is 2.22 bits per heavy atom. The van der Waals surface area contributed by atoms with Crippen LogP contribution in [0.1, 0.15) is 6.92 Å². The molecule has 0 heterocycles. The van der Waals surface area contributed by atoms with Gasteiger partial charge in [0.15, 0.2) is 6.61 Å². The van der Waals surface area contributed by atoms with E-state index in [1.54, 1.807) is 6.92 Å². The molecular formula is C10H11BF3KO3. The minimum Gasteiger partial charge on any atom is -0.482 e. The van der Waals surface area contributed by atoms with E-state index in [1.165, 1.54) is 12.1 Å². The molecule has 0 amide bonds.